The summed E-state index contributed by atoms with van der Waals surface area (Å²) in [5.74, 6) is 0. The molecule has 1 aromatic heterocycles. The molecule has 1 N–H and O–H groups in total. The van der Waals surface area contributed by atoms with Crippen LogP contribution in [-0.2, 0) is 11.2 Å². The van der Waals surface area contributed by atoms with Crippen molar-refractivity contribution in [2.75, 3.05) is 26.3 Å². The number of nitrogens with zero attached hydrogens (tertiary/aromatic N) is 1. The highest BCUT2D eigenvalue weighted by Gasteiger charge is 2.00. The average molecular weight is 214 g/mol. The molecular weight excluding hydrogens is 196 g/mol. The minimum Gasteiger partial charge on any atom is -0.380 e. The van der Waals surface area contributed by atoms with Gasteiger partial charge in [-0.05, 0) is 13.5 Å². The molecule has 80 valence electrons. The molecule has 4 heteroatoms. The fourth-order valence-corrected chi connectivity index (χ4v) is 1.92. The highest BCUT2D eigenvalue weighted by atomic mass is 32.1. The topological polar surface area (TPSA) is 34.1 Å². The van der Waals surface area contributed by atoms with Crippen LogP contribution < -0.4 is 5.32 Å². The van der Waals surface area contributed by atoms with Gasteiger partial charge >= 0.3 is 0 Å². The molecule has 0 aliphatic heterocycles. The Bertz CT molecular complexity index is 250. The molecule has 0 aromatic carbocycles. The van der Waals surface area contributed by atoms with Gasteiger partial charge in [0.1, 0.15) is 0 Å². The zero-order chi connectivity index (χ0) is 10.2. The number of nitrogens with one attached hydrogen (secondary N) is 1. The van der Waals surface area contributed by atoms with E-state index in [9.17, 15) is 0 Å². The fraction of sp³-hybridized carbons (Fsp3) is 0.700. The number of thiazole rings is 1. The zero-order valence-electron chi connectivity index (χ0n) is 8.88. The molecule has 0 saturated heterocycles. The minimum absolute atomic E-state index is 0.797. The number of ether oxygens (including phenoxy) is 1. The molecule has 14 heavy (non-hydrogen) atoms. The molecule has 1 rings (SSSR count). The minimum atomic E-state index is 0.797. The lowest BCUT2D eigenvalue weighted by Gasteiger charge is -2.03. The van der Waals surface area contributed by atoms with Gasteiger partial charge in [0.15, 0.2) is 0 Å². The summed E-state index contributed by atoms with van der Waals surface area (Å²) in [4.78, 5) is 5.54. The molecule has 0 saturated carbocycles. The summed E-state index contributed by atoms with van der Waals surface area (Å²) in [6.45, 7) is 7.70. The van der Waals surface area contributed by atoms with E-state index < -0.39 is 0 Å². The van der Waals surface area contributed by atoms with Crippen molar-refractivity contribution in [3.63, 3.8) is 0 Å². The summed E-state index contributed by atoms with van der Waals surface area (Å²) < 4.78 is 5.48. The van der Waals surface area contributed by atoms with Crippen LogP contribution in [0.1, 0.15) is 17.5 Å². The second-order valence-electron chi connectivity index (χ2n) is 3.08. The Labute approximate surface area is 89.5 Å². The van der Waals surface area contributed by atoms with E-state index in [1.165, 1.54) is 4.88 Å². The van der Waals surface area contributed by atoms with Crippen LogP contribution in [-0.4, -0.2) is 31.3 Å². The third-order valence-corrected chi connectivity index (χ3v) is 2.99. The monoisotopic (exact) mass is 214 g/mol. The number of hydrogen-bond donors (Lipinski definition) is 1. The predicted octanol–water partition coefficient (Wildman–Crippen LogP) is 1.62. The molecule has 0 aliphatic carbocycles. The molecule has 1 heterocycles. The third-order valence-electron chi connectivity index (χ3n) is 1.99. The Morgan fingerprint density at radius 1 is 1.50 bits per heavy atom. The van der Waals surface area contributed by atoms with Crippen LogP contribution in [0, 0.1) is 6.92 Å². The Kier molecular flexibility index (Phi) is 5.75. The Hall–Kier alpha value is -0.450. The van der Waals surface area contributed by atoms with Crippen LogP contribution in [0.4, 0.5) is 0 Å². The van der Waals surface area contributed by atoms with Gasteiger partial charge in [-0.15, -0.1) is 11.3 Å². The van der Waals surface area contributed by atoms with Gasteiger partial charge in [0, 0.05) is 17.8 Å². The molecular formula is C10H18N2OS. The van der Waals surface area contributed by atoms with Crippen molar-refractivity contribution in [1.29, 1.82) is 0 Å². The van der Waals surface area contributed by atoms with Crippen LogP contribution in [0.25, 0.3) is 0 Å². The van der Waals surface area contributed by atoms with Gasteiger partial charge in [0.2, 0.25) is 0 Å². The molecule has 1 aromatic rings. The molecule has 0 bridgehead atoms. The predicted molar refractivity (Wildman–Crippen MR) is 59.9 cm³/mol. The first kappa shape index (κ1) is 11.6. The molecule has 0 unspecified atom stereocenters. The molecule has 0 amide bonds. The highest BCUT2D eigenvalue weighted by molar-refractivity contribution is 7.09. The van der Waals surface area contributed by atoms with Crippen molar-refractivity contribution in [3.8, 4) is 0 Å². The van der Waals surface area contributed by atoms with Crippen molar-refractivity contribution < 1.29 is 4.74 Å². The number of aromatic nitrogens is 1. The zero-order valence-corrected chi connectivity index (χ0v) is 9.69. The van der Waals surface area contributed by atoms with E-state index >= 15 is 0 Å². The Balaban J connectivity index is 2.02. The van der Waals surface area contributed by atoms with Gasteiger partial charge in [0.25, 0.3) is 0 Å². The fourth-order valence-electron chi connectivity index (χ4n) is 1.15. The van der Waals surface area contributed by atoms with Crippen molar-refractivity contribution >= 4 is 11.3 Å². The quantitative estimate of drug-likeness (QED) is 0.700. The number of aryl methyl sites for hydroxylation is 1. The van der Waals surface area contributed by atoms with E-state index in [-0.39, 0.29) is 0 Å². The number of likely N-dealkylation sites (N-methyl/N-ethyl adjacent to an activating group) is 1. The second-order valence-corrected chi connectivity index (χ2v) is 4.02. The van der Waals surface area contributed by atoms with Crippen LogP contribution in [0.2, 0.25) is 0 Å². The molecule has 0 fully saturated rings. The van der Waals surface area contributed by atoms with E-state index in [0.717, 1.165) is 38.4 Å². The first-order valence-electron chi connectivity index (χ1n) is 5.02. The summed E-state index contributed by atoms with van der Waals surface area (Å²) in [6.07, 6.45) is 0.989. The van der Waals surface area contributed by atoms with Gasteiger partial charge in [-0.1, -0.05) is 6.92 Å². The summed E-state index contributed by atoms with van der Waals surface area (Å²) in [7, 11) is 0. The van der Waals surface area contributed by atoms with E-state index in [0.29, 0.717) is 0 Å². The lowest BCUT2D eigenvalue weighted by molar-refractivity contribution is 0.139. The van der Waals surface area contributed by atoms with Crippen molar-refractivity contribution in [1.82, 2.24) is 10.3 Å². The van der Waals surface area contributed by atoms with Gasteiger partial charge in [-0.2, -0.15) is 0 Å². The largest absolute Gasteiger partial charge is 0.380 e. The standard InChI is InChI=1S/C10H18N2OS/c1-3-11-5-7-13-6-4-10-9(2)12-8-14-10/h8,11H,3-7H2,1-2H3. The maximum atomic E-state index is 5.48. The molecule has 0 atom stereocenters. The Morgan fingerprint density at radius 2 is 2.36 bits per heavy atom. The number of hydrogen-bond acceptors (Lipinski definition) is 4. The third kappa shape index (κ3) is 4.17. The van der Waals surface area contributed by atoms with Crippen molar-refractivity contribution in [3.05, 3.63) is 16.1 Å². The van der Waals surface area contributed by atoms with Crippen LogP contribution in [0.15, 0.2) is 5.51 Å². The highest BCUT2D eigenvalue weighted by Crippen LogP contribution is 2.12. The summed E-state index contributed by atoms with van der Waals surface area (Å²) in [5, 5.41) is 3.22. The molecule has 0 radical (unpaired) electrons. The van der Waals surface area contributed by atoms with E-state index in [4.69, 9.17) is 4.74 Å². The Morgan fingerprint density at radius 3 is 3.00 bits per heavy atom. The lowest BCUT2D eigenvalue weighted by Crippen LogP contribution is -2.19. The van der Waals surface area contributed by atoms with Gasteiger partial charge in [-0.3, -0.25) is 0 Å². The van der Waals surface area contributed by atoms with Gasteiger partial charge in [-0.25, -0.2) is 4.98 Å². The summed E-state index contributed by atoms with van der Waals surface area (Å²) >= 11 is 1.71. The second kappa shape index (κ2) is 6.92. The molecule has 0 spiro atoms. The van der Waals surface area contributed by atoms with Gasteiger partial charge in [0.05, 0.1) is 24.4 Å². The summed E-state index contributed by atoms with van der Waals surface area (Å²) in [5.41, 5.74) is 3.04. The first-order chi connectivity index (χ1) is 6.84. The maximum Gasteiger partial charge on any atom is 0.0797 e. The van der Waals surface area contributed by atoms with E-state index in [1.807, 2.05) is 12.4 Å². The normalized spacial score (nSPS) is 10.7. The van der Waals surface area contributed by atoms with E-state index in [2.05, 4.69) is 17.2 Å². The summed E-state index contributed by atoms with van der Waals surface area (Å²) in [6, 6.07) is 0. The lowest BCUT2D eigenvalue weighted by atomic mass is 10.3. The first-order valence-corrected chi connectivity index (χ1v) is 5.90. The van der Waals surface area contributed by atoms with Gasteiger partial charge < -0.3 is 10.1 Å². The van der Waals surface area contributed by atoms with Crippen molar-refractivity contribution in [2.24, 2.45) is 0 Å². The van der Waals surface area contributed by atoms with Crippen molar-refractivity contribution in [2.45, 2.75) is 20.3 Å². The maximum absolute atomic E-state index is 5.48. The smallest absolute Gasteiger partial charge is 0.0797 e. The van der Waals surface area contributed by atoms with Crippen LogP contribution in [0.5, 0.6) is 0 Å². The van der Waals surface area contributed by atoms with Crippen LogP contribution >= 0.6 is 11.3 Å². The average Bonchev–Trinajstić information content (AvgIpc) is 2.58. The number of rotatable bonds is 7. The molecule has 0 aliphatic rings. The molecule has 3 nitrogen and oxygen atoms in total. The SMILES string of the molecule is CCNCCOCCc1scnc1C. The van der Waals surface area contributed by atoms with E-state index in [1.54, 1.807) is 11.3 Å². The van der Waals surface area contributed by atoms with Crippen LogP contribution in [0.3, 0.4) is 0 Å².